The molecule has 0 radical (unpaired) electrons. The monoisotopic (exact) mass is 561 g/mol. The van der Waals surface area contributed by atoms with Crippen molar-refractivity contribution in [2.24, 2.45) is 0 Å². The number of nitrogens with zero attached hydrogens (tertiary/aromatic N) is 2. The van der Waals surface area contributed by atoms with Crippen molar-refractivity contribution in [2.45, 2.75) is 52.7 Å². The first-order valence-electron chi connectivity index (χ1n) is 11.0. The maximum Gasteiger partial charge on any atom is 0.244 e. The predicted octanol–water partition coefficient (Wildman–Crippen LogP) is 5.05. The number of carbonyl (C=O) groups is 2. The van der Waals surface area contributed by atoms with Crippen LogP contribution in [0.4, 0.5) is 5.69 Å². The fraction of sp³-hybridized carbons (Fsp3) is 0.417. The van der Waals surface area contributed by atoms with Crippen LogP contribution in [0.5, 0.6) is 0 Å². The molecule has 0 aromatic heterocycles. The second-order valence-electron chi connectivity index (χ2n) is 8.42. The third kappa shape index (κ3) is 7.74. The first-order chi connectivity index (χ1) is 16.3. The Morgan fingerprint density at radius 1 is 1.03 bits per heavy atom. The Hall–Kier alpha value is -2.00. The van der Waals surface area contributed by atoms with E-state index in [1.54, 1.807) is 44.2 Å². The molecule has 0 aliphatic heterocycles. The first-order valence-corrected chi connectivity index (χ1v) is 14.0. The molecular formula is C24H30Cl3N3O4S. The molecule has 192 valence electrons. The SMILES string of the molecule is CC[C@@H](C)NC(=O)[C@H](C)N(Cc1c(Cl)cccc1Cl)C(=O)CN(c1ccc(C)c(Cl)c1)S(C)(=O)=O. The van der Waals surface area contributed by atoms with Crippen molar-refractivity contribution in [3.63, 3.8) is 0 Å². The van der Waals surface area contributed by atoms with E-state index in [1.165, 1.54) is 11.0 Å². The Labute approximate surface area is 222 Å². The molecule has 0 heterocycles. The molecule has 2 aromatic rings. The summed E-state index contributed by atoms with van der Waals surface area (Å²) in [7, 11) is -3.86. The zero-order valence-electron chi connectivity index (χ0n) is 20.3. The maximum atomic E-state index is 13.6. The van der Waals surface area contributed by atoms with Gasteiger partial charge in [0.25, 0.3) is 0 Å². The van der Waals surface area contributed by atoms with Gasteiger partial charge >= 0.3 is 0 Å². The van der Waals surface area contributed by atoms with E-state index in [-0.39, 0.29) is 24.2 Å². The van der Waals surface area contributed by atoms with Crippen LogP contribution in [0, 0.1) is 6.92 Å². The Kier molecular flexibility index (Phi) is 10.3. The van der Waals surface area contributed by atoms with E-state index in [4.69, 9.17) is 34.8 Å². The molecule has 2 atom stereocenters. The molecule has 7 nitrogen and oxygen atoms in total. The van der Waals surface area contributed by atoms with E-state index in [0.29, 0.717) is 27.1 Å². The molecule has 35 heavy (non-hydrogen) atoms. The largest absolute Gasteiger partial charge is 0.352 e. The van der Waals surface area contributed by atoms with Gasteiger partial charge in [0.05, 0.1) is 11.9 Å². The van der Waals surface area contributed by atoms with Crippen LogP contribution in [0.3, 0.4) is 0 Å². The molecule has 0 saturated carbocycles. The lowest BCUT2D eigenvalue weighted by Gasteiger charge is -2.32. The molecule has 2 rings (SSSR count). The summed E-state index contributed by atoms with van der Waals surface area (Å²) in [6.07, 6.45) is 1.71. The quantitative estimate of drug-likeness (QED) is 0.439. The summed E-state index contributed by atoms with van der Waals surface area (Å²) in [4.78, 5) is 27.8. The van der Waals surface area contributed by atoms with Crippen LogP contribution in [0.1, 0.15) is 38.3 Å². The standard InChI is InChI=1S/C24H30Cl3N3O4S/c1-6-16(3)28-24(32)17(4)29(13-19-20(25)8-7-9-21(19)26)23(31)14-30(35(5,33)34)18-11-10-15(2)22(27)12-18/h7-12,16-17H,6,13-14H2,1-5H3,(H,28,32)/t16-,17+/m1/s1. The second-order valence-corrected chi connectivity index (χ2v) is 11.5. The van der Waals surface area contributed by atoms with Gasteiger partial charge in [0.15, 0.2) is 0 Å². The molecule has 0 bridgehead atoms. The minimum atomic E-state index is -3.86. The van der Waals surface area contributed by atoms with E-state index < -0.39 is 28.5 Å². The first kappa shape index (κ1) is 29.2. The van der Waals surface area contributed by atoms with Crippen molar-refractivity contribution in [1.29, 1.82) is 0 Å². The molecule has 0 aliphatic rings. The molecule has 2 aromatic carbocycles. The molecule has 11 heteroatoms. The van der Waals surface area contributed by atoms with E-state index in [1.807, 2.05) is 13.8 Å². The Bertz CT molecular complexity index is 1170. The number of aryl methyl sites for hydroxylation is 1. The molecule has 0 spiro atoms. The summed E-state index contributed by atoms with van der Waals surface area (Å²) in [6, 6.07) is 8.64. The molecule has 2 amide bonds. The van der Waals surface area contributed by atoms with E-state index in [0.717, 1.165) is 16.1 Å². The number of benzene rings is 2. The number of halogens is 3. The topological polar surface area (TPSA) is 86.8 Å². The number of sulfonamides is 1. The Balaban J connectivity index is 2.47. The van der Waals surface area contributed by atoms with Crippen molar-refractivity contribution in [3.8, 4) is 0 Å². The fourth-order valence-electron chi connectivity index (χ4n) is 3.25. The number of rotatable bonds is 10. The van der Waals surface area contributed by atoms with E-state index in [9.17, 15) is 18.0 Å². The highest BCUT2D eigenvalue weighted by atomic mass is 35.5. The number of nitrogens with one attached hydrogen (secondary N) is 1. The lowest BCUT2D eigenvalue weighted by Crippen LogP contribution is -2.52. The summed E-state index contributed by atoms with van der Waals surface area (Å²) in [5.74, 6) is -0.977. The van der Waals surface area contributed by atoms with Crippen LogP contribution in [0.2, 0.25) is 15.1 Å². The van der Waals surface area contributed by atoms with Gasteiger partial charge in [0, 0.05) is 33.2 Å². The average Bonchev–Trinajstić information content (AvgIpc) is 2.77. The van der Waals surface area contributed by atoms with Gasteiger partial charge in [-0.25, -0.2) is 8.42 Å². The number of carbonyl (C=O) groups excluding carboxylic acids is 2. The predicted molar refractivity (Wildman–Crippen MR) is 143 cm³/mol. The average molecular weight is 563 g/mol. The maximum absolute atomic E-state index is 13.6. The number of hydrogen-bond acceptors (Lipinski definition) is 4. The van der Waals surface area contributed by atoms with Gasteiger partial charge in [-0.05, 0) is 57.0 Å². The third-order valence-electron chi connectivity index (χ3n) is 5.68. The smallest absolute Gasteiger partial charge is 0.244 e. The zero-order valence-corrected chi connectivity index (χ0v) is 23.4. The van der Waals surface area contributed by atoms with Crippen molar-refractivity contribution in [2.75, 3.05) is 17.1 Å². The summed E-state index contributed by atoms with van der Waals surface area (Å²) < 4.78 is 26.2. The normalized spacial score (nSPS) is 13.1. The number of amides is 2. The lowest BCUT2D eigenvalue weighted by atomic mass is 10.1. The van der Waals surface area contributed by atoms with Crippen molar-refractivity contribution < 1.29 is 18.0 Å². The molecule has 1 N–H and O–H groups in total. The summed E-state index contributed by atoms with van der Waals surface area (Å²) in [6.45, 7) is 6.52. The summed E-state index contributed by atoms with van der Waals surface area (Å²) in [5, 5.41) is 3.88. The minimum absolute atomic E-state index is 0.0846. The molecular weight excluding hydrogens is 533 g/mol. The molecule has 0 aliphatic carbocycles. The van der Waals surface area contributed by atoms with Crippen LogP contribution in [0.25, 0.3) is 0 Å². The van der Waals surface area contributed by atoms with Gasteiger partial charge in [0.1, 0.15) is 12.6 Å². The van der Waals surface area contributed by atoms with Crippen LogP contribution >= 0.6 is 34.8 Å². The Morgan fingerprint density at radius 3 is 2.14 bits per heavy atom. The van der Waals surface area contributed by atoms with Gasteiger partial charge in [-0.15, -0.1) is 0 Å². The van der Waals surface area contributed by atoms with Gasteiger partial charge in [-0.1, -0.05) is 53.9 Å². The van der Waals surface area contributed by atoms with Crippen LogP contribution in [0.15, 0.2) is 36.4 Å². The molecule has 0 saturated heterocycles. The van der Waals surface area contributed by atoms with Gasteiger partial charge in [-0.3, -0.25) is 13.9 Å². The zero-order chi connectivity index (χ0) is 26.5. The summed E-state index contributed by atoms with van der Waals surface area (Å²) >= 11 is 18.9. The molecule has 0 unspecified atom stereocenters. The summed E-state index contributed by atoms with van der Waals surface area (Å²) in [5.41, 5.74) is 1.46. The lowest BCUT2D eigenvalue weighted by molar-refractivity contribution is -0.139. The fourth-order valence-corrected chi connectivity index (χ4v) is 4.79. The van der Waals surface area contributed by atoms with Gasteiger partial charge in [0.2, 0.25) is 21.8 Å². The molecule has 0 fully saturated rings. The van der Waals surface area contributed by atoms with Crippen LogP contribution in [-0.4, -0.2) is 50.0 Å². The second kappa shape index (κ2) is 12.3. The van der Waals surface area contributed by atoms with Gasteiger partial charge in [-0.2, -0.15) is 0 Å². The number of anilines is 1. The van der Waals surface area contributed by atoms with Crippen LogP contribution in [-0.2, 0) is 26.2 Å². The van der Waals surface area contributed by atoms with Crippen molar-refractivity contribution in [3.05, 3.63) is 62.6 Å². The van der Waals surface area contributed by atoms with Gasteiger partial charge < -0.3 is 10.2 Å². The van der Waals surface area contributed by atoms with E-state index >= 15 is 0 Å². The highest BCUT2D eigenvalue weighted by Crippen LogP contribution is 2.28. The highest BCUT2D eigenvalue weighted by molar-refractivity contribution is 7.92. The van der Waals surface area contributed by atoms with Crippen molar-refractivity contribution in [1.82, 2.24) is 10.2 Å². The van der Waals surface area contributed by atoms with Crippen molar-refractivity contribution >= 4 is 62.3 Å². The van der Waals surface area contributed by atoms with Crippen LogP contribution < -0.4 is 9.62 Å². The Morgan fingerprint density at radius 2 is 1.63 bits per heavy atom. The minimum Gasteiger partial charge on any atom is -0.352 e. The van der Waals surface area contributed by atoms with E-state index in [2.05, 4.69) is 5.32 Å². The highest BCUT2D eigenvalue weighted by Gasteiger charge is 2.31. The number of hydrogen-bond donors (Lipinski definition) is 1. The third-order valence-corrected chi connectivity index (χ3v) is 7.94.